The van der Waals surface area contributed by atoms with Gasteiger partial charge in [0, 0.05) is 13.1 Å². The number of nitrogens with zero attached hydrogens (tertiary/aromatic N) is 1. The third-order valence-electron chi connectivity index (χ3n) is 5.79. The summed E-state index contributed by atoms with van der Waals surface area (Å²) >= 11 is 0. The van der Waals surface area contributed by atoms with E-state index in [9.17, 15) is 0 Å². The van der Waals surface area contributed by atoms with Gasteiger partial charge in [0.05, 0.1) is 0 Å². The van der Waals surface area contributed by atoms with Gasteiger partial charge in [-0.3, -0.25) is 0 Å². The Balaban J connectivity index is 1.86. The van der Waals surface area contributed by atoms with Crippen molar-refractivity contribution in [2.75, 3.05) is 19.6 Å². The van der Waals surface area contributed by atoms with Crippen LogP contribution in [0.1, 0.15) is 77.8 Å². The monoisotopic (exact) mass is 329 g/mol. The molecule has 1 nitrogen and oxygen atoms in total. The largest absolute Gasteiger partial charge is 0.303 e. The molecule has 1 heterocycles. The van der Waals surface area contributed by atoms with E-state index in [0.717, 1.165) is 11.8 Å². The summed E-state index contributed by atoms with van der Waals surface area (Å²) in [5.74, 6) is 1.63. The van der Waals surface area contributed by atoms with Gasteiger partial charge in [-0.2, -0.15) is 0 Å². The molecule has 1 heteroatoms. The molecule has 1 saturated heterocycles. The molecule has 0 spiro atoms. The van der Waals surface area contributed by atoms with Crippen molar-refractivity contribution in [3.63, 3.8) is 0 Å². The van der Waals surface area contributed by atoms with Gasteiger partial charge in [-0.25, -0.2) is 0 Å². The minimum absolute atomic E-state index is 0.310. The van der Waals surface area contributed by atoms with Crippen molar-refractivity contribution in [2.24, 2.45) is 11.8 Å². The highest BCUT2D eigenvalue weighted by Crippen LogP contribution is 2.29. The summed E-state index contributed by atoms with van der Waals surface area (Å²) in [5.41, 5.74) is 3.31. The molecule has 1 fully saturated rings. The highest BCUT2D eigenvalue weighted by molar-refractivity contribution is 5.28. The van der Waals surface area contributed by atoms with E-state index in [1.54, 1.807) is 0 Å². The molecule has 2 unspecified atom stereocenters. The minimum Gasteiger partial charge on any atom is -0.303 e. The summed E-state index contributed by atoms with van der Waals surface area (Å²) in [4.78, 5) is 2.68. The van der Waals surface area contributed by atoms with Gasteiger partial charge >= 0.3 is 0 Å². The fraction of sp³-hybridized carbons (Fsp3) is 0.739. The topological polar surface area (TPSA) is 3.24 Å². The Hall–Kier alpha value is -0.820. The average molecular weight is 330 g/mol. The van der Waals surface area contributed by atoms with Crippen molar-refractivity contribution in [2.45, 2.75) is 78.6 Å². The van der Waals surface area contributed by atoms with Gasteiger partial charge in [0.2, 0.25) is 0 Å². The summed E-state index contributed by atoms with van der Waals surface area (Å²) < 4.78 is 0. The summed E-state index contributed by atoms with van der Waals surface area (Å²) in [7, 11) is 0. The van der Waals surface area contributed by atoms with Gasteiger partial charge in [-0.1, -0.05) is 71.7 Å². The standard InChI is InChI=1S/C23H39N/c1-6-7-14-23(4,5)22-12-10-21(11-13-22)16-20(3)18-24-15-8-9-19(2)17-24/h10-13,19-20H,6-9,14-18H2,1-5H3. The molecule has 0 saturated carbocycles. The van der Waals surface area contributed by atoms with Crippen molar-refractivity contribution >= 4 is 0 Å². The zero-order valence-electron chi connectivity index (χ0n) is 16.8. The first kappa shape index (κ1) is 19.5. The van der Waals surface area contributed by atoms with Crippen LogP contribution in [0.2, 0.25) is 0 Å². The molecular weight excluding hydrogens is 290 g/mol. The summed E-state index contributed by atoms with van der Waals surface area (Å²) in [6, 6.07) is 9.50. The van der Waals surface area contributed by atoms with Crippen LogP contribution in [0.5, 0.6) is 0 Å². The lowest BCUT2D eigenvalue weighted by molar-refractivity contribution is 0.162. The Labute approximate surface area is 150 Å². The Morgan fingerprint density at radius 3 is 2.54 bits per heavy atom. The van der Waals surface area contributed by atoms with Gasteiger partial charge in [-0.15, -0.1) is 0 Å². The second-order valence-corrected chi connectivity index (χ2v) is 9.00. The highest BCUT2D eigenvalue weighted by atomic mass is 15.1. The average Bonchev–Trinajstić information content (AvgIpc) is 2.53. The Morgan fingerprint density at radius 1 is 1.21 bits per heavy atom. The van der Waals surface area contributed by atoms with Crippen molar-refractivity contribution in [3.8, 4) is 0 Å². The van der Waals surface area contributed by atoms with Crippen LogP contribution in [0, 0.1) is 11.8 Å². The van der Waals surface area contributed by atoms with Gasteiger partial charge in [0.25, 0.3) is 0 Å². The molecule has 0 N–H and O–H groups in total. The molecule has 136 valence electrons. The van der Waals surface area contributed by atoms with Gasteiger partial charge in [-0.05, 0) is 60.6 Å². The lowest BCUT2D eigenvalue weighted by Crippen LogP contribution is -2.37. The van der Waals surface area contributed by atoms with E-state index in [0.29, 0.717) is 5.41 Å². The van der Waals surface area contributed by atoms with E-state index >= 15 is 0 Å². The zero-order chi connectivity index (χ0) is 17.6. The maximum atomic E-state index is 2.68. The van der Waals surface area contributed by atoms with Crippen molar-refractivity contribution in [1.29, 1.82) is 0 Å². The fourth-order valence-electron chi connectivity index (χ4n) is 4.22. The second kappa shape index (κ2) is 9.04. The Bertz CT molecular complexity index is 473. The highest BCUT2D eigenvalue weighted by Gasteiger charge is 2.20. The Morgan fingerprint density at radius 2 is 1.92 bits per heavy atom. The van der Waals surface area contributed by atoms with Crippen LogP contribution in [0.3, 0.4) is 0 Å². The number of hydrogen-bond acceptors (Lipinski definition) is 1. The molecule has 0 aromatic heterocycles. The molecule has 0 amide bonds. The second-order valence-electron chi connectivity index (χ2n) is 9.00. The molecule has 0 bridgehead atoms. The molecule has 1 aliphatic heterocycles. The van der Waals surface area contributed by atoms with Gasteiger partial charge < -0.3 is 4.90 Å². The van der Waals surface area contributed by atoms with Crippen molar-refractivity contribution in [3.05, 3.63) is 35.4 Å². The predicted molar refractivity (Wildman–Crippen MR) is 107 cm³/mol. The zero-order valence-corrected chi connectivity index (χ0v) is 16.8. The maximum absolute atomic E-state index is 2.68. The van der Waals surface area contributed by atoms with Crippen LogP contribution in [0.25, 0.3) is 0 Å². The van der Waals surface area contributed by atoms with E-state index in [1.807, 2.05) is 0 Å². The first-order valence-corrected chi connectivity index (χ1v) is 10.2. The van der Waals surface area contributed by atoms with Gasteiger partial charge in [0.15, 0.2) is 0 Å². The van der Waals surface area contributed by atoms with E-state index in [-0.39, 0.29) is 0 Å². The SMILES string of the molecule is CCCCC(C)(C)c1ccc(CC(C)CN2CCCC(C)C2)cc1. The molecule has 1 aliphatic rings. The number of benzene rings is 1. The van der Waals surface area contributed by atoms with Crippen molar-refractivity contribution < 1.29 is 0 Å². The van der Waals surface area contributed by atoms with Crippen molar-refractivity contribution in [1.82, 2.24) is 4.90 Å². The van der Waals surface area contributed by atoms with Crippen LogP contribution < -0.4 is 0 Å². The normalized spacial score (nSPS) is 21.0. The minimum atomic E-state index is 0.310. The molecule has 0 radical (unpaired) electrons. The first-order valence-electron chi connectivity index (χ1n) is 10.2. The number of likely N-dealkylation sites (tertiary alicyclic amines) is 1. The maximum Gasteiger partial charge on any atom is 0.00103 e. The molecular formula is C23H39N. The number of piperidine rings is 1. The van der Waals surface area contributed by atoms with Crippen LogP contribution in [0.15, 0.2) is 24.3 Å². The van der Waals surface area contributed by atoms with Crippen LogP contribution in [-0.2, 0) is 11.8 Å². The van der Waals surface area contributed by atoms with E-state index in [1.165, 1.54) is 69.3 Å². The lowest BCUT2D eigenvalue weighted by Gasteiger charge is -2.32. The van der Waals surface area contributed by atoms with Gasteiger partial charge in [0.1, 0.15) is 0 Å². The molecule has 1 aromatic rings. The van der Waals surface area contributed by atoms with E-state index < -0.39 is 0 Å². The van der Waals surface area contributed by atoms with E-state index in [4.69, 9.17) is 0 Å². The predicted octanol–water partition coefficient (Wildman–Crippen LogP) is 6.06. The molecule has 1 aromatic carbocycles. The fourth-order valence-corrected chi connectivity index (χ4v) is 4.22. The van der Waals surface area contributed by atoms with Crippen LogP contribution in [0.4, 0.5) is 0 Å². The summed E-state index contributed by atoms with van der Waals surface area (Å²) in [6.07, 6.45) is 7.90. The van der Waals surface area contributed by atoms with Crippen LogP contribution in [-0.4, -0.2) is 24.5 Å². The molecule has 0 aliphatic carbocycles. The Kier molecular flexibility index (Phi) is 7.34. The molecule has 24 heavy (non-hydrogen) atoms. The third kappa shape index (κ3) is 5.92. The van der Waals surface area contributed by atoms with E-state index in [2.05, 4.69) is 63.8 Å². The smallest absolute Gasteiger partial charge is 0.00103 e. The number of unbranched alkanes of at least 4 members (excludes halogenated alkanes) is 1. The summed E-state index contributed by atoms with van der Waals surface area (Å²) in [5, 5.41) is 0. The molecule has 2 atom stereocenters. The lowest BCUT2D eigenvalue weighted by atomic mass is 9.80. The quantitative estimate of drug-likeness (QED) is 0.560. The third-order valence-corrected chi connectivity index (χ3v) is 5.79. The number of rotatable bonds is 8. The molecule has 2 rings (SSSR count). The summed E-state index contributed by atoms with van der Waals surface area (Å²) in [6.45, 7) is 15.7. The van der Waals surface area contributed by atoms with Crippen LogP contribution >= 0.6 is 0 Å². The number of hydrogen-bond donors (Lipinski definition) is 0. The first-order chi connectivity index (χ1) is 11.4.